The average Bonchev–Trinajstić information content (AvgIpc) is 2.91. The van der Waals surface area contributed by atoms with Gasteiger partial charge in [-0.1, -0.05) is 24.8 Å². The number of thioether (sulfide) groups is 1. The average molecular weight is 300 g/mol. The third kappa shape index (κ3) is 2.56. The number of anilines is 1. The molecule has 21 heavy (non-hydrogen) atoms. The van der Waals surface area contributed by atoms with Crippen LogP contribution in [0.1, 0.15) is 23.7 Å². The Morgan fingerprint density at radius 1 is 1.33 bits per heavy atom. The Hall–Kier alpha value is -2.15. The van der Waals surface area contributed by atoms with Crippen molar-refractivity contribution in [2.45, 2.75) is 31.2 Å². The number of rotatable bonds is 4. The van der Waals surface area contributed by atoms with E-state index < -0.39 is 0 Å². The Morgan fingerprint density at radius 2 is 2.19 bits per heavy atom. The van der Waals surface area contributed by atoms with Gasteiger partial charge in [-0.25, -0.2) is 9.38 Å². The van der Waals surface area contributed by atoms with E-state index >= 15 is 0 Å². The SMILES string of the molecule is CCc1c(C)nc(N)n2c(SCc3cccnc3)nnc12. The van der Waals surface area contributed by atoms with Crippen LogP contribution < -0.4 is 5.73 Å². The van der Waals surface area contributed by atoms with Gasteiger partial charge in [-0.3, -0.25) is 4.98 Å². The summed E-state index contributed by atoms with van der Waals surface area (Å²) in [5.41, 5.74) is 9.98. The maximum Gasteiger partial charge on any atom is 0.208 e. The third-order valence-electron chi connectivity index (χ3n) is 3.30. The molecule has 0 bridgehead atoms. The summed E-state index contributed by atoms with van der Waals surface area (Å²) < 4.78 is 1.83. The Kier molecular flexibility index (Phi) is 3.74. The van der Waals surface area contributed by atoms with Gasteiger partial charge in [-0.05, 0) is 25.0 Å². The van der Waals surface area contributed by atoms with Gasteiger partial charge in [0.05, 0.1) is 0 Å². The number of nitrogens with two attached hydrogens (primary N) is 1. The first-order valence-electron chi connectivity index (χ1n) is 6.72. The van der Waals surface area contributed by atoms with Crippen LogP contribution >= 0.6 is 11.8 Å². The van der Waals surface area contributed by atoms with Crippen LogP contribution in [0.2, 0.25) is 0 Å². The summed E-state index contributed by atoms with van der Waals surface area (Å²) in [6.45, 7) is 4.03. The van der Waals surface area contributed by atoms with E-state index in [2.05, 4.69) is 27.1 Å². The van der Waals surface area contributed by atoms with Gasteiger partial charge >= 0.3 is 0 Å². The van der Waals surface area contributed by atoms with Crippen molar-refractivity contribution in [2.75, 3.05) is 5.73 Å². The molecule has 0 aliphatic rings. The van der Waals surface area contributed by atoms with Crippen LogP contribution in [0.25, 0.3) is 5.65 Å². The van der Waals surface area contributed by atoms with Gasteiger partial charge in [0.2, 0.25) is 5.95 Å². The molecule has 0 aliphatic carbocycles. The molecule has 0 saturated carbocycles. The number of hydrogen-bond donors (Lipinski definition) is 1. The predicted molar refractivity (Wildman–Crippen MR) is 83.1 cm³/mol. The number of fused-ring (bicyclic) bond motifs is 1. The van der Waals surface area contributed by atoms with Crippen molar-refractivity contribution in [1.82, 2.24) is 24.6 Å². The first kappa shape index (κ1) is 13.8. The quantitative estimate of drug-likeness (QED) is 0.744. The van der Waals surface area contributed by atoms with Crippen LogP contribution in [0.3, 0.4) is 0 Å². The Bertz CT molecular complexity index is 768. The highest BCUT2D eigenvalue weighted by Crippen LogP contribution is 2.25. The largest absolute Gasteiger partial charge is 0.369 e. The summed E-state index contributed by atoms with van der Waals surface area (Å²) in [4.78, 5) is 8.51. The van der Waals surface area contributed by atoms with Gasteiger partial charge < -0.3 is 5.73 Å². The van der Waals surface area contributed by atoms with E-state index in [1.54, 1.807) is 18.0 Å². The number of nitrogen functional groups attached to an aromatic ring is 1. The van der Waals surface area contributed by atoms with E-state index in [9.17, 15) is 0 Å². The molecule has 0 aromatic carbocycles. The lowest BCUT2D eigenvalue weighted by Crippen LogP contribution is -2.06. The molecule has 0 aliphatic heterocycles. The minimum absolute atomic E-state index is 0.429. The topological polar surface area (TPSA) is 82.0 Å². The molecular weight excluding hydrogens is 284 g/mol. The molecule has 0 unspecified atom stereocenters. The normalized spacial score (nSPS) is 11.1. The van der Waals surface area contributed by atoms with Gasteiger partial charge in [-0.2, -0.15) is 0 Å². The molecule has 3 heterocycles. The van der Waals surface area contributed by atoms with Crippen LogP contribution in [0.5, 0.6) is 0 Å². The van der Waals surface area contributed by atoms with E-state index in [-0.39, 0.29) is 0 Å². The van der Waals surface area contributed by atoms with E-state index in [1.807, 2.05) is 29.7 Å². The van der Waals surface area contributed by atoms with E-state index in [4.69, 9.17) is 5.73 Å². The van der Waals surface area contributed by atoms with Crippen LogP contribution in [0.4, 0.5) is 5.95 Å². The molecule has 3 aromatic heterocycles. The van der Waals surface area contributed by atoms with Crippen LogP contribution in [-0.2, 0) is 12.2 Å². The minimum Gasteiger partial charge on any atom is -0.369 e. The third-order valence-corrected chi connectivity index (χ3v) is 4.30. The molecule has 7 heteroatoms. The highest BCUT2D eigenvalue weighted by molar-refractivity contribution is 7.98. The summed E-state index contributed by atoms with van der Waals surface area (Å²) in [5, 5.41) is 9.29. The molecule has 0 saturated heterocycles. The van der Waals surface area contributed by atoms with Crippen LogP contribution in [-0.4, -0.2) is 24.6 Å². The second kappa shape index (κ2) is 5.69. The van der Waals surface area contributed by atoms with Crippen molar-refractivity contribution in [3.8, 4) is 0 Å². The highest BCUT2D eigenvalue weighted by atomic mass is 32.2. The van der Waals surface area contributed by atoms with Gasteiger partial charge in [0.15, 0.2) is 10.8 Å². The van der Waals surface area contributed by atoms with Crippen molar-refractivity contribution in [3.63, 3.8) is 0 Å². The standard InChI is InChI=1S/C14H16N6S/c1-3-11-9(2)17-13(15)20-12(11)18-19-14(20)21-8-10-5-4-6-16-7-10/h4-7H,3,8H2,1-2H3,(H2,15,17). The predicted octanol–water partition coefficient (Wildman–Crippen LogP) is 2.26. The number of hydrogen-bond acceptors (Lipinski definition) is 6. The fourth-order valence-corrected chi connectivity index (χ4v) is 3.14. The molecule has 6 nitrogen and oxygen atoms in total. The maximum absolute atomic E-state index is 6.04. The number of aryl methyl sites for hydroxylation is 2. The molecule has 0 atom stereocenters. The monoisotopic (exact) mass is 300 g/mol. The van der Waals surface area contributed by atoms with Crippen molar-refractivity contribution in [3.05, 3.63) is 41.3 Å². The zero-order chi connectivity index (χ0) is 14.8. The van der Waals surface area contributed by atoms with Crippen LogP contribution in [0.15, 0.2) is 29.7 Å². The maximum atomic E-state index is 6.04. The lowest BCUT2D eigenvalue weighted by molar-refractivity contribution is 0.900. The molecular formula is C14H16N6S. The number of nitrogens with zero attached hydrogens (tertiary/aromatic N) is 5. The van der Waals surface area contributed by atoms with Crippen molar-refractivity contribution in [2.24, 2.45) is 0 Å². The second-order valence-corrected chi connectivity index (χ2v) is 5.62. The Labute approximate surface area is 126 Å². The summed E-state index contributed by atoms with van der Waals surface area (Å²) in [7, 11) is 0. The first-order valence-corrected chi connectivity index (χ1v) is 7.71. The summed E-state index contributed by atoms with van der Waals surface area (Å²) >= 11 is 1.58. The lowest BCUT2D eigenvalue weighted by Gasteiger charge is -2.08. The Balaban J connectivity index is 1.97. The lowest BCUT2D eigenvalue weighted by atomic mass is 10.2. The fraction of sp³-hybridized carbons (Fsp3) is 0.286. The fourth-order valence-electron chi connectivity index (χ4n) is 2.26. The van der Waals surface area contributed by atoms with Gasteiger partial charge in [0, 0.05) is 29.4 Å². The number of pyridine rings is 1. The highest BCUT2D eigenvalue weighted by Gasteiger charge is 2.15. The summed E-state index contributed by atoms with van der Waals surface area (Å²) in [6, 6.07) is 3.96. The van der Waals surface area contributed by atoms with E-state index in [0.29, 0.717) is 5.95 Å². The molecule has 3 aromatic rings. The van der Waals surface area contributed by atoms with Crippen molar-refractivity contribution >= 4 is 23.4 Å². The Morgan fingerprint density at radius 3 is 2.90 bits per heavy atom. The molecule has 0 amide bonds. The van der Waals surface area contributed by atoms with E-state index in [0.717, 1.165) is 39.8 Å². The van der Waals surface area contributed by atoms with Crippen molar-refractivity contribution < 1.29 is 0 Å². The molecule has 108 valence electrons. The minimum atomic E-state index is 0.429. The van der Waals surface area contributed by atoms with E-state index in [1.165, 1.54) is 0 Å². The molecule has 3 rings (SSSR count). The van der Waals surface area contributed by atoms with Crippen molar-refractivity contribution in [1.29, 1.82) is 0 Å². The van der Waals surface area contributed by atoms with Gasteiger partial charge in [0.25, 0.3) is 0 Å². The second-order valence-electron chi connectivity index (χ2n) is 4.68. The smallest absolute Gasteiger partial charge is 0.208 e. The summed E-state index contributed by atoms with van der Waals surface area (Å²) in [5.74, 6) is 1.20. The zero-order valence-electron chi connectivity index (χ0n) is 11.9. The van der Waals surface area contributed by atoms with Gasteiger partial charge in [-0.15, -0.1) is 10.2 Å². The molecule has 0 spiro atoms. The zero-order valence-corrected chi connectivity index (χ0v) is 12.8. The van der Waals surface area contributed by atoms with Gasteiger partial charge in [0.1, 0.15) is 0 Å². The molecule has 0 radical (unpaired) electrons. The van der Waals surface area contributed by atoms with Crippen LogP contribution in [0, 0.1) is 6.92 Å². The first-order chi connectivity index (χ1) is 10.2. The molecule has 0 fully saturated rings. The summed E-state index contributed by atoms with van der Waals surface area (Å²) in [6.07, 6.45) is 4.46. The molecule has 2 N–H and O–H groups in total. The number of aromatic nitrogens is 5.